The first-order valence-electron chi connectivity index (χ1n) is 6.91. The molecule has 1 N–H and O–H groups in total. The highest BCUT2D eigenvalue weighted by molar-refractivity contribution is 5.39. The van der Waals surface area contributed by atoms with Gasteiger partial charge in [-0.1, -0.05) is 24.3 Å². The molecule has 3 heteroatoms. The minimum absolute atomic E-state index is 0.330. The third-order valence-electron chi connectivity index (χ3n) is 3.68. The third-order valence-corrected chi connectivity index (χ3v) is 3.68. The van der Waals surface area contributed by atoms with Crippen molar-refractivity contribution in [1.29, 1.82) is 5.26 Å². The molecule has 0 bridgehead atoms. The van der Waals surface area contributed by atoms with E-state index in [2.05, 4.69) is 28.9 Å². The molecule has 1 saturated heterocycles. The van der Waals surface area contributed by atoms with Crippen LogP contribution < -0.4 is 5.32 Å². The van der Waals surface area contributed by atoms with E-state index in [1.807, 2.05) is 24.3 Å². The molecule has 1 aliphatic rings. The van der Waals surface area contributed by atoms with E-state index in [4.69, 9.17) is 0 Å². The number of piperazine rings is 1. The van der Waals surface area contributed by atoms with E-state index < -0.39 is 0 Å². The topological polar surface area (TPSA) is 39.1 Å². The van der Waals surface area contributed by atoms with Crippen LogP contribution in [0.5, 0.6) is 0 Å². The van der Waals surface area contributed by atoms with Gasteiger partial charge in [0.15, 0.2) is 0 Å². The van der Waals surface area contributed by atoms with Gasteiger partial charge in [-0.15, -0.1) is 6.58 Å². The summed E-state index contributed by atoms with van der Waals surface area (Å²) in [6.45, 7) is 7.96. The second kappa shape index (κ2) is 7.08. The Morgan fingerprint density at radius 3 is 2.79 bits per heavy atom. The maximum Gasteiger partial charge on any atom is 0.0995 e. The zero-order valence-corrected chi connectivity index (χ0v) is 11.3. The highest BCUT2D eigenvalue weighted by Crippen LogP contribution is 2.28. The molecule has 1 aromatic rings. The maximum atomic E-state index is 9.29. The van der Waals surface area contributed by atoms with E-state index in [9.17, 15) is 5.26 Å². The first-order valence-corrected chi connectivity index (χ1v) is 6.91. The van der Waals surface area contributed by atoms with Gasteiger partial charge in [0.2, 0.25) is 0 Å². The zero-order valence-electron chi connectivity index (χ0n) is 11.3. The summed E-state index contributed by atoms with van der Waals surface area (Å²) in [5, 5.41) is 12.7. The molecule has 2 rings (SSSR count). The van der Waals surface area contributed by atoms with Gasteiger partial charge in [0, 0.05) is 32.2 Å². The molecular weight excluding hydrogens is 234 g/mol. The number of benzene rings is 1. The molecule has 0 saturated carbocycles. The lowest BCUT2D eigenvalue weighted by molar-refractivity contribution is 0.166. The molecule has 0 spiro atoms. The molecule has 0 unspecified atom stereocenters. The van der Waals surface area contributed by atoms with Crippen LogP contribution in [0.2, 0.25) is 0 Å². The van der Waals surface area contributed by atoms with Crippen molar-refractivity contribution in [3.63, 3.8) is 0 Å². The number of hydrogen-bond acceptors (Lipinski definition) is 3. The molecule has 0 aliphatic carbocycles. The van der Waals surface area contributed by atoms with Gasteiger partial charge in [-0.25, -0.2) is 0 Å². The van der Waals surface area contributed by atoms with Gasteiger partial charge in [-0.3, -0.25) is 4.90 Å². The van der Waals surface area contributed by atoms with Crippen LogP contribution in [0.15, 0.2) is 36.9 Å². The van der Waals surface area contributed by atoms with Gasteiger partial charge in [0.25, 0.3) is 0 Å². The summed E-state index contributed by atoms with van der Waals surface area (Å²) < 4.78 is 0. The minimum atomic E-state index is 0.330. The molecule has 1 aliphatic heterocycles. The molecule has 1 fully saturated rings. The Bertz CT molecular complexity index is 455. The fourth-order valence-corrected chi connectivity index (χ4v) is 2.69. The number of hydrogen-bond donors (Lipinski definition) is 1. The van der Waals surface area contributed by atoms with Crippen LogP contribution in [0.1, 0.15) is 30.0 Å². The molecule has 1 atom stereocenters. The Morgan fingerprint density at radius 2 is 2.11 bits per heavy atom. The molecule has 1 heterocycles. The molecule has 1 aromatic carbocycles. The largest absolute Gasteiger partial charge is 0.314 e. The minimum Gasteiger partial charge on any atom is -0.314 e. The monoisotopic (exact) mass is 255 g/mol. The fraction of sp³-hybridized carbons (Fsp3) is 0.438. The SMILES string of the molecule is C=CCC[C@H](c1ccccc1C#N)N1CCNCC1. The van der Waals surface area contributed by atoms with Crippen LogP contribution in [0.4, 0.5) is 0 Å². The number of nitriles is 1. The predicted molar refractivity (Wildman–Crippen MR) is 77.8 cm³/mol. The Kier molecular flexibility index (Phi) is 5.14. The van der Waals surface area contributed by atoms with Crippen LogP contribution >= 0.6 is 0 Å². The first kappa shape index (κ1) is 13.8. The van der Waals surface area contributed by atoms with Gasteiger partial charge < -0.3 is 5.32 Å². The smallest absolute Gasteiger partial charge is 0.0995 e. The lowest BCUT2D eigenvalue weighted by atomic mass is 9.95. The molecule has 0 radical (unpaired) electrons. The second-order valence-electron chi connectivity index (χ2n) is 4.87. The van der Waals surface area contributed by atoms with Crippen LogP contribution in [-0.4, -0.2) is 31.1 Å². The Morgan fingerprint density at radius 1 is 1.37 bits per heavy atom. The number of allylic oxidation sites excluding steroid dienone is 1. The molecule has 3 nitrogen and oxygen atoms in total. The van der Waals surface area contributed by atoms with Gasteiger partial charge in [0.05, 0.1) is 11.6 Å². The van der Waals surface area contributed by atoms with Crippen LogP contribution in [0.25, 0.3) is 0 Å². The van der Waals surface area contributed by atoms with Gasteiger partial charge in [-0.2, -0.15) is 5.26 Å². The van der Waals surface area contributed by atoms with Gasteiger partial charge >= 0.3 is 0 Å². The van der Waals surface area contributed by atoms with Crippen molar-refractivity contribution in [2.45, 2.75) is 18.9 Å². The Hall–Kier alpha value is -1.63. The standard InChI is InChI=1S/C16H21N3/c1-2-3-8-16(19-11-9-18-10-12-19)15-7-5-4-6-14(15)13-17/h2,4-7,16,18H,1,3,8-12H2/t16-/m1/s1. The summed E-state index contributed by atoms with van der Waals surface area (Å²) in [5.74, 6) is 0. The summed E-state index contributed by atoms with van der Waals surface area (Å²) >= 11 is 0. The summed E-state index contributed by atoms with van der Waals surface area (Å²) in [6, 6.07) is 10.6. The van der Waals surface area contributed by atoms with Crippen molar-refractivity contribution in [2.75, 3.05) is 26.2 Å². The third kappa shape index (κ3) is 3.44. The van der Waals surface area contributed by atoms with Crippen LogP contribution in [0, 0.1) is 11.3 Å². The fourth-order valence-electron chi connectivity index (χ4n) is 2.69. The average Bonchev–Trinajstić information content (AvgIpc) is 2.49. The van der Waals surface area contributed by atoms with E-state index in [1.54, 1.807) is 0 Å². The van der Waals surface area contributed by atoms with Crippen molar-refractivity contribution in [3.8, 4) is 6.07 Å². The maximum absolute atomic E-state index is 9.29. The average molecular weight is 255 g/mol. The molecule has 19 heavy (non-hydrogen) atoms. The van der Waals surface area contributed by atoms with Crippen molar-refractivity contribution >= 4 is 0 Å². The van der Waals surface area contributed by atoms with E-state index >= 15 is 0 Å². The molecule has 100 valence electrons. The van der Waals surface area contributed by atoms with Crippen molar-refractivity contribution < 1.29 is 0 Å². The highest BCUT2D eigenvalue weighted by atomic mass is 15.2. The van der Waals surface area contributed by atoms with Crippen LogP contribution in [0.3, 0.4) is 0 Å². The van der Waals surface area contributed by atoms with E-state index in [0.29, 0.717) is 6.04 Å². The Balaban J connectivity index is 2.25. The quantitative estimate of drug-likeness (QED) is 0.822. The van der Waals surface area contributed by atoms with Crippen molar-refractivity contribution in [3.05, 3.63) is 48.0 Å². The molecule has 0 aromatic heterocycles. The Labute approximate surface area is 115 Å². The normalized spacial score (nSPS) is 17.6. The second-order valence-corrected chi connectivity index (χ2v) is 4.87. The number of nitrogens with zero attached hydrogens (tertiary/aromatic N) is 2. The summed E-state index contributed by atoms with van der Waals surface area (Å²) in [5.41, 5.74) is 1.96. The summed E-state index contributed by atoms with van der Waals surface area (Å²) in [4.78, 5) is 2.48. The van der Waals surface area contributed by atoms with Gasteiger partial charge in [-0.05, 0) is 24.5 Å². The zero-order chi connectivity index (χ0) is 13.5. The van der Waals surface area contributed by atoms with Crippen LogP contribution in [-0.2, 0) is 0 Å². The van der Waals surface area contributed by atoms with E-state index in [-0.39, 0.29) is 0 Å². The molecular formula is C16H21N3. The summed E-state index contributed by atoms with van der Waals surface area (Å²) in [7, 11) is 0. The van der Waals surface area contributed by atoms with E-state index in [1.165, 1.54) is 0 Å². The number of rotatable bonds is 5. The van der Waals surface area contributed by atoms with Crippen molar-refractivity contribution in [1.82, 2.24) is 10.2 Å². The number of nitrogens with one attached hydrogen (secondary N) is 1. The van der Waals surface area contributed by atoms with Gasteiger partial charge in [0.1, 0.15) is 0 Å². The lowest BCUT2D eigenvalue weighted by Gasteiger charge is -2.35. The highest BCUT2D eigenvalue weighted by Gasteiger charge is 2.23. The summed E-state index contributed by atoms with van der Waals surface area (Å²) in [6.07, 6.45) is 3.97. The van der Waals surface area contributed by atoms with E-state index in [0.717, 1.165) is 50.1 Å². The molecule has 0 amide bonds. The lowest BCUT2D eigenvalue weighted by Crippen LogP contribution is -2.45. The van der Waals surface area contributed by atoms with Crippen molar-refractivity contribution in [2.24, 2.45) is 0 Å². The first-order chi connectivity index (χ1) is 9.36. The predicted octanol–water partition coefficient (Wildman–Crippen LogP) is 2.47.